The van der Waals surface area contributed by atoms with Gasteiger partial charge in [0.2, 0.25) is 15.9 Å². The van der Waals surface area contributed by atoms with Crippen molar-refractivity contribution in [2.24, 2.45) is 11.7 Å². The molecule has 0 saturated heterocycles. The van der Waals surface area contributed by atoms with Gasteiger partial charge in [-0.15, -0.1) is 0 Å². The van der Waals surface area contributed by atoms with Crippen molar-refractivity contribution in [1.82, 2.24) is 4.72 Å². The Hall–Kier alpha value is -1.44. The number of carbonyl (C=O) groups is 1. The number of anilines is 1. The molecular formula is C14H23N3O3S. The molecule has 1 unspecified atom stereocenters. The van der Waals surface area contributed by atoms with Crippen molar-refractivity contribution in [3.8, 4) is 0 Å². The van der Waals surface area contributed by atoms with Gasteiger partial charge in [-0.1, -0.05) is 13.8 Å². The van der Waals surface area contributed by atoms with Crippen molar-refractivity contribution < 1.29 is 13.2 Å². The molecule has 7 heteroatoms. The summed E-state index contributed by atoms with van der Waals surface area (Å²) in [6.07, 6.45) is 1.13. The quantitative estimate of drug-likeness (QED) is 0.673. The van der Waals surface area contributed by atoms with Gasteiger partial charge in [-0.05, 0) is 43.1 Å². The Morgan fingerprint density at radius 2 is 1.90 bits per heavy atom. The fourth-order valence-corrected chi connectivity index (χ4v) is 2.75. The summed E-state index contributed by atoms with van der Waals surface area (Å²) in [7, 11) is -3.46. The highest BCUT2D eigenvalue weighted by molar-refractivity contribution is 7.89. The molecule has 0 aliphatic rings. The van der Waals surface area contributed by atoms with Gasteiger partial charge < -0.3 is 11.1 Å². The van der Waals surface area contributed by atoms with Crippen LogP contribution in [-0.2, 0) is 14.8 Å². The van der Waals surface area contributed by atoms with E-state index in [1.165, 1.54) is 12.1 Å². The molecule has 1 amide bonds. The van der Waals surface area contributed by atoms with Crippen LogP contribution in [0.4, 0.5) is 5.69 Å². The molecule has 1 aromatic rings. The number of hydrogen-bond donors (Lipinski definition) is 3. The summed E-state index contributed by atoms with van der Waals surface area (Å²) < 4.78 is 25.9. The van der Waals surface area contributed by atoms with Gasteiger partial charge in [-0.2, -0.15) is 0 Å². The van der Waals surface area contributed by atoms with Gasteiger partial charge in [0.25, 0.3) is 0 Å². The highest BCUT2D eigenvalue weighted by atomic mass is 32.2. The Kier molecular flexibility index (Phi) is 6.80. The number of benzene rings is 1. The molecule has 0 aliphatic heterocycles. The Bertz CT molecular complexity index is 555. The second kappa shape index (κ2) is 8.11. The van der Waals surface area contributed by atoms with Crippen LogP contribution in [0.2, 0.25) is 0 Å². The number of hydrogen-bond acceptors (Lipinski definition) is 4. The second-order valence-corrected chi connectivity index (χ2v) is 6.72. The van der Waals surface area contributed by atoms with Crippen LogP contribution in [0.15, 0.2) is 29.2 Å². The fourth-order valence-electron chi connectivity index (χ4n) is 1.71. The monoisotopic (exact) mass is 313 g/mol. The molecule has 0 aliphatic carbocycles. The van der Waals surface area contributed by atoms with E-state index in [9.17, 15) is 13.2 Å². The van der Waals surface area contributed by atoms with Crippen LogP contribution in [0, 0.1) is 5.92 Å². The topological polar surface area (TPSA) is 101 Å². The maximum absolute atomic E-state index is 11.8. The van der Waals surface area contributed by atoms with Crippen molar-refractivity contribution >= 4 is 21.6 Å². The predicted molar refractivity (Wildman–Crippen MR) is 83.4 cm³/mol. The summed E-state index contributed by atoms with van der Waals surface area (Å²) in [5, 5.41) is 2.74. The molecule has 1 rings (SSSR count). The van der Waals surface area contributed by atoms with Gasteiger partial charge in [0.05, 0.1) is 4.90 Å². The summed E-state index contributed by atoms with van der Waals surface area (Å²) in [6.45, 7) is 4.60. The lowest BCUT2D eigenvalue weighted by atomic mass is 10.1. The van der Waals surface area contributed by atoms with Gasteiger partial charge in [0.15, 0.2) is 0 Å². The molecule has 0 spiro atoms. The van der Waals surface area contributed by atoms with E-state index >= 15 is 0 Å². The molecule has 1 aromatic carbocycles. The lowest BCUT2D eigenvalue weighted by molar-refractivity contribution is -0.116. The van der Waals surface area contributed by atoms with E-state index in [1.54, 1.807) is 19.1 Å². The van der Waals surface area contributed by atoms with Crippen LogP contribution in [0.1, 0.15) is 26.7 Å². The normalized spacial score (nSPS) is 12.9. The first kappa shape index (κ1) is 17.6. The number of amides is 1. The molecule has 6 nitrogen and oxygen atoms in total. The molecule has 0 aromatic heterocycles. The lowest BCUT2D eigenvalue weighted by Gasteiger charge is -2.09. The predicted octanol–water partition coefficient (Wildman–Crippen LogP) is 1.30. The van der Waals surface area contributed by atoms with Crippen molar-refractivity contribution in [2.45, 2.75) is 31.6 Å². The molecule has 4 N–H and O–H groups in total. The smallest absolute Gasteiger partial charge is 0.240 e. The molecule has 21 heavy (non-hydrogen) atoms. The Morgan fingerprint density at radius 1 is 1.29 bits per heavy atom. The van der Waals surface area contributed by atoms with Crippen molar-refractivity contribution in [1.29, 1.82) is 0 Å². The van der Waals surface area contributed by atoms with Gasteiger partial charge in [-0.3, -0.25) is 4.79 Å². The average molecular weight is 313 g/mol. The third-order valence-corrected chi connectivity index (χ3v) is 4.61. The van der Waals surface area contributed by atoms with Crippen LogP contribution in [-0.4, -0.2) is 27.4 Å². The summed E-state index contributed by atoms with van der Waals surface area (Å²) in [5.41, 5.74) is 6.08. The number of rotatable bonds is 8. The molecule has 0 radical (unpaired) electrons. The van der Waals surface area contributed by atoms with E-state index in [1.807, 2.05) is 6.92 Å². The fraction of sp³-hybridized carbons (Fsp3) is 0.500. The van der Waals surface area contributed by atoms with E-state index in [0.29, 0.717) is 31.1 Å². The van der Waals surface area contributed by atoms with Crippen LogP contribution < -0.4 is 15.8 Å². The zero-order valence-corrected chi connectivity index (χ0v) is 13.2. The standard InChI is InChI=1S/C14H23N3O3S/c1-3-16-21(19,20)13-7-5-12(6-8-13)17-14(18)9-4-11(2)10-15/h5-8,11,16H,3-4,9-10,15H2,1-2H3,(H,17,18). The first-order valence-electron chi connectivity index (χ1n) is 6.98. The Balaban J connectivity index is 2.61. The summed E-state index contributed by atoms with van der Waals surface area (Å²) in [5.74, 6) is 0.209. The minimum absolute atomic E-state index is 0.0995. The Morgan fingerprint density at radius 3 is 2.43 bits per heavy atom. The molecule has 118 valence electrons. The SMILES string of the molecule is CCNS(=O)(=O)c1ccc(NC(=O)CCC(C)CN)cc1. The molecule has 0 bridgehead atoms. The summed E-state index contributed by atoms with van der Waals surface area (Å²) in [4.78, 5) is 11.9. The molecule has 0 saturated carbocycles. The minimum Gasteiger partial charge on any atom is -0.330 e. The highest BCUT2D eigenvalue weighted by Crippen LogP contribution is 2.14. The zero-order chi connectivity index (χ0) is 15.9. The maximum atomic E-state index is 11.8. The molecule has 0 heterocycles. The van der Waals surface area contributed by atoms with E-state index < -0.39 is 10.0 Å². The largest absolute Gasteiger partial charge is 0.330 e. The third kappa shape index (κ3) is 5.82. The molecule has 0 fully saturated rings. The van der Waals surface area contributed by atoms with Crippen LogP contribution >= 0.6 is 0 Å². The van der Waals surface area contributed by atoms with Crippen LogP contribution in [0.25, 0.3) is 0 Å². The lowest BCUT2D eigenvalue weighted by Crippen LogP contribution is -2.23. The second-order valence-electron chi connectivity index (χ2n) is 4.95. The van der Waals surface area contributed by atoms with Crippen molar-refractivity contribution in [3.63, 3.8) is 0 Å². The van der Waals surface area contributed by atoms with Crippen LogP contribution in [0.3, 0.4) is 0 Å². The Labute approximate surface area is 126 Å². The van der Waals surface area contributed by atoms with E-state index in [4.69, 9.17) is 5.73 Å². The third-order valence-electron chi connectivity index (χ3n) is 3.05. The summed E-state index contributed by atoms with van der Waals surface area (Å²) in [6, 6.07) is 6.09. The molecule has 1 atom stereocenters. The van der Waals surface area contributed by atoms with Gasteiger partial charge >= 0.3 is 0 Å². The average Bonchev–Trinajstić information content (AvgIpc) is 2.45. The first-order chi connectivity index (χ1) is 9.89. The molecular weight excluding hydrogens is 290 g/mol. The highest BCUT2D eigenvalue weighted by Gasteiger charge is 2.12. The van der Waals surface area contributed by atoms with E-state index in [2.05, 4.69) is 10.0 Å². The minimum atomic E-state index is -3.46. The van der Waals surface area contributed by atoms with Crippen molar-refractivity contribution in [3.05, 3.63) is 24.3 Å². The van der Waals surface area contributed by atoms with Gasteiger partial charge in [0, 0.05) is 18.7 Å². The first-order valence-corrected chi connectivity index (χ1v) is 8.47. The van der Waals surface area contributed by atoms with E-state index in [0.717, 1.165) is 6.42 Å². The number of nitrogens with two attached hydrogens (primary N) is 1. The van der Waals surface area contributed by atoms with Crippen molar-refractivity contribution in [2.75, 3.05) is 18.4 Å². The maximum Gasteiger partial charge on any atom is 0.240 e. The number of carbonyl (C=O) groups excluding carboxylic acids is 1. The van der Waals surface area contributed by atoms with Crippen LogP contribution in [0.5, 0.6) is 0 Å². The van der Waals surface area contributed by atoms with Gasteiger partial charge in [0.1, 0.15) is 0 Å². The number of nitrogens with one attached hydrogen (secondary N) is 2. The van der Waals surface area contributed by atoms with E-state index in [-0.39, 0.29) is 10.8 Å². The summed E-state index contributed by atoms with van der Waals surface area (Å²) >= 11 is 0. The van der Waals surface area contributed by atoms with Gasteiger partial charge in [-0.25, -0.2) is 13.1 Å². The number of sulfonamides is 1. The zero-order valence-electron chi connectivity index (χ0n) is 12.4.